The Hall–Kier alpha value is -1.00. The highest BCUT2D eigenvalue weighted by Crippen LogP contribution is 2.22. The molecule has 0 atom stereocenters. The summed E-state index contributed by atoms with van der Waals surface area (Å²) in [5.41, 5.74) is 10.3. The molecule has 3 nitrogen and oxygen atoms in total. The smallest absolute Gasteiger partial charge is 0.166 e. The molecule has 0 aliphatic rings. The third kappa shape index (κ3) is 3.01. The first-order valence-corrected chi connectivity index (χ1v) is 6.99. The lowest BCUT2D eigenvalue weighted by molar-refractivity contribution is 0.813. The summed E-state index contributed by atoms with van der Waals surface area (Å²) in [6, 6.07) is 4.31. The summed E-state index contributed by atoms with van der Waals surface area (Å²) in [6.07, 6.45) is 2.24. The number of unbranched alkanes of at least 4 members (excludes halogenated alkanes) is 1. The largest absolute Gasteiger partial charge is 0.333 e. The molecular weight excluding hydrogens is 230 g/mol. The fourth-order valence-corrected chi connectivity index (χ4v) is 2.62. The monoisotopic (exact) mass is 249 g/mol. The van der Waals surface area contributed by atoms with E-state index in [0.29, 0.717) is 0 Å². The van der Waals surface area contributed by atoms with Crippen molar-refractivity contribution in [3.63, 3.8) is 0 Å². The lowest BCUT2D eigenvalue weighted by atomic mass is 10.1. The standard InChI is InChI=1S/C13H19N3S/c1-9-7-11-12(8-10(9)2)16-13(15-11)17-6-4-3-5-14/h7-8H,3-6,14H2,1-2H3,(H,15,16). The molecule has 0 unspecified atom stereocenters. The van der Waals surface area contributed by atoms with Crippen molar-refractivity contribution in [2.24, 2.45) is 5.73 Å². The minimum Gasteiger partial charge on any atom is -0.333 e. The number of rotatable bonds is 5. The van der Waals surface area contributed by atoms with Crippen LogP contribution >= 0.6 is 11.8 Å². The number of benzene rings is 1. The fraction of sp³-hybridized carbons (Fsp3) is 0.462. The highest BCUT2D eigenvalue weighted by atomic mass is 32.2. The van der Waals surface area contributed by atoms with Crippen LogP contribution in [-0.2, 0) is 0 Å². The average molecular weight is 249 g/mol. The number of hydrogen-bond acceptors (Lipinski definition) is 3. The number of nitrogens with zero attached hydrogens (tertiary/aromatic N) is 1. The molecule has 3 N–H and O–H groups in total. The van der Waals surface area contributed by atoms with Gasteiger partial charge in [0.05, 0.1) is 11.0 Å². The van der Waals surface area contributed by atoms with E-state index in [0.717, 1.165) is 41.3 Å². The summed E-state index contributed by atoms with van der Waals surface area (Å²) in [7, 11) is 0. The third-order valence-corrected chi connectivity index (χ3v) is 3.87. The van der Waals surface area contributed by atoms with Crippen LogP contribution in [0.5, 0.6) is 0 Å². The van der Waals surface area contributed by atoms with Crippen molar-refractivity contribution in [1.29, 1.82) is 0 Å². The molecule has 0 bridgehead atoms. The van der Waals surface area contributed by atoms with Crippen molar-refractivity contribution in [2.45, 2.75) is 31.8 Å². The van der Waals surface area contributed by atoms with Gasteiger partial charge in [0.1, 0.15) is 0 Å². The van der Waals surface area contributed by atoms with Gasteiger partial charge in [0, 0.05) is 5.75 Å². The second-order valence-electron chi connectivity index (χ2n) is 4.34. The number of aryl methyl sites for hydroxylation is 2. The molecular formula is C13H19N3S. The molecule has 2 aromatic rings. The van der Waals surface area contributed by atoms with Gasteiger partial charge in [0.15, 0.2) is 5.16 Å². The molecule has 17 heavy (non-hydrogen) atoms. The number of aromatic nitrogens is 2. The quantitative estimate of drug-likeness (QED) is 0.632. The van der Waals surface area contributed by atoms with E-state index in [1.165, 1.54) is 11.1 Å². The lowest BCUT2D eigenvalue weighted by Crippen LogP contribution is -1.98. The maximum absolute atomic E-state index is 5.47. The summed E-state index contributed by atoms with van der Waals surface area (Å²) < 4.78 is 0. The van der Waals surface area contributed by atoms with E-state index >= 15 is 0 Å². The van der Waals surface area contributed by atoms with Crippen LogP contribution < -0.4 is 5.73 Å². The van der Waals surface area contributed by atoms with E-state index in [4.69, 9.17) is 5.73 Å². The molecule has 1 aromatic heterocycles. The van der Waals surface area contributed by atoms with Crippen LogP contribution in [0.15, 0.2) is 17.3 Å². The fourth-order valence-electron chi connectivity index (χ4n) is 1.73. The Kier molecular flexibility index (Phi) is 4.07. The Labute approximate surface area is 106 Å². The van der Waals surface area contributed by atoms with Crippen LogP contribution in [0.3, 0.4) is 0 Å². The van der Waals surface area contributed by atoms with E-state index in [-0.39, 0.29) is 0 Å². The van der Waals surface area contributed by atoms with Gasteiger partial charge in [-0.25, -0.2) is 4.98 Å². The molecule has 0 fully saturated rings. The third-order valence-electron chi connectivity index (χ3n) is 2.91. The highest BCUT2D eigenvalue weighted by Gasteiger charge is 2.04. The summed E-state index contributed by atoms with van der Waals surface area (Å²) >= 11 is 1.78. The second kappa shape index (κ2) is 5.56. The van der Waals surface area contributed by atoms with E-state index in [2.05, 4.69) is 35.9 Å². The number of hydrogen-bond donors (Lipinski definition) is 2. The van der Waals surface area contributed by atoms with Crippen molar-refractivity contribution in [1.82, 2.24) is 9.97 Å². The van der Waals surface area contributed by atoms with Crippen molar-refractivity contribution in [3.8, 4) is 0 Å². The van der Waals surface area contributed by atoms with Crippen LogP contribution in [0, 0.1) is 13.8 Å². The zero-order valence-corrected chi connectivity index (χ0v) is 11.2. The molecule has 92 valence electrons. The first kappa shape index (κ1) is 12.5. The highest BCUT2D eigenvalue weighted by molar-refractivity contribution is 7.99. The molecule has 1 aromatic carbocycles. The molecule has 0 amide bonds. The van der Waals surface area contributed by atoms with Gasteiger partial charge in [0.25, 0.3) is 0 Å². The van der Waals surface area contributed by atoms with Gasteiger partial charge >= 0.3 is 0 Å². The SMILES string of the molecule is Cc1cc2nc(SCCCCN)[nH]c2cc1C. The molecule has 0 aliphatic heterocycles. The molecule has 2 rings (SSSR count). The maximum atomic E-state index is 5.47. The van der Waals surface area contributed by atoms with Gasteiger partial charge in [-0.1, -0.05) is 11.8 Å². The average Bonchev–Trinajstić information content (AvgIpc) is 2.67. The number of aromatic amines is 1. The maximum Gasteiger partial charge on any atom is 0.166 e. The topological polar surface area (TPSA) is 54.7 Å². The molecule has 0 saturated carbocycles. The summed E-state index contributed by atoms with van der Waals surface area (Å²) in [5.74, 6) is 1.08. The first-order chi connectivity index (χ1) is 8.20. The van der Waals surface area contributed by atoms with Gasteiger partial charge in [-0.2, -0.15) is 0 Å². The zero-order valence-electron chi connectivity index (χ0n) is 10.4. The normalized spacial score (nSPS) is 11.2. The van der Waals surface area contributed by atoms with Crippen molar-refractivity contribution in [2.75, 3.05) is 12.3 Å². The van der Waals surface area contributed by atoms with Gasteiger partial charge in [-0.15, -0.1) is 0 Å². The predicted molar refractivity (Wildman–Crippen MR) is 74.6 cm³/mol. The number of nitrogens with two attached hydrogens (primary N) is 1. The van der Waals surface area contributed by atoms with Crippen molar-refractivity contribution < 1.29 is 0 Å². The molecule has 1 heterocycles. The van der Waals surface area contributed by atoms with E-state index < -0.39 is 0 Å². The van der Waals surface area contributed by atoms with Gasteiger partial charge < -0.3 is 10.7 Å². The van der Waals surface area contributed by atoms with Crippen LogP contribution in [0.25, 0.3) is 11.0 Å². The summed E-state index contributed by atoms with van der Waals surface area (Å²) in [4.78, 5) is 7.95. The minimum absolute atomic E-state index is 0.777. The number of imidazole rings is 1. The lowest BCUT2D eigenvalue weighted by Gasteiger charge is -1.97. The van der Waals surface area contributed by atoms with Crippen molar-refractivity contribution in [3.05, 3.63) is 23.3 Å². The van der Waals surface area contributed by atoms with E-state index in [1.807, 2.05) is 0 Å². The molecule has 0 spiro atoms. The molecule has 4 heteroatoms. The zero-order chi connectivity index (χ0) is 12.3. The number of H-pyrrole nitrogens is 1. The van der Waals surface area contributed by atoms with Crippen LogP contribution in [0.4, 0.5) is 0 Å². The number of nitrogens with one attached hydrogen (secondary N) is 1. The Morgan fingerprint density at radius 2 is 2.00 bits per heavy atom. The minimum atomic E-state index is 0.777. The van der Waals surface area contributed by atoms with Gasteiger partial charge in [-0.05, 0) is 56.5 Å². The van der Waals surface area contributed by atoms with Crippen LogP contribution in [-0.4, -0.2) is 22.3 Å². The Morgan fingerprint density at radius 3 is 2.76 bits per heavy atom. The number of thioether (sulfide) groups is 1. The Bertz CT molecular complexity index is 466. The van der Waals surface area contributed by atoms with Crippen LogP contribution in [0.2, 0.25) is 0 Å². The van der Waals surface area contributed by atoms with Gasteiger partial charge in [-0.3, -0.25) is 0 Å². The Balaban J connectivity index is 2.09. The molecule has 0 saturated heterocycles. The molecule has 0 aliphatic carbocycles. The molecule has 0 radical (unpaired) electrons. The van der Waals surface area contributed by atoms with E-state index in [1.54, 1.807) is 11.8 Å². The first-order valence-electron chi connectivity index (χ1n) is 6.00. The predicted octanol–water partition coefficient (Wildman–Crippen LogP) is 3.01. The number of fused-ring (bicyclic) bond motifs is 1. The summed E-state index contributed by atoms with van der Waals surface area (Å²) in [6.45, 7) is 5.03. The van der Waals surface area contributed by atoms with E-state index in [9.17, 15) is 0 Å². The van der Waals surface area contributed by atoms with Gasteiger partial charge in [0.2, 0.25) is 0 Å². The van der Waals surface area contributed by atoms with Crippen LogP contribution in [0.1, 0.15) is 24.0 Å². The Morgan fingerprint density at radius 1 is 1.24 bits per heavy atom. The summed E-state index contributed by atoms with van der Waals surface area (Å²) in [5, 5.41) is 1.02. The second-order valence-corrected chi connectivity index (χ2v) is 5.42. The van der Waals surface area contributed by atoms with Crippen molar-refractivity contribution >= 4 is 22.8 Å².